The van der Waals surface area contributed by atoms with Crippen molar-refractivity contribution in [3.63, 3.8) is 0 Å². The first kappa shape index (κ1) is 20.2. The largest absolute Gasteiger partial charge is 0.507 e. The summed E-state index contributed by atoms with van der Waals surface area (Å²) in [7, 11) is 1.30. The molecule has 4 nitrogen and oxygen atoms in total. The van der Waals surface area contributed by atoms with E-state index in [2.05, 4.69) is 0 Å². The minimum atomic E-state index is -0.815. The number of ketones is 1. The van der Waals surface area contributed by atoms with Crippen LogP contribution in [-0.2, 0) is 6.42 Å². The highest BCUT2D eigenvalue weighted by Crippen LogP contribution is 2.39. The van der Waals surface area contributed by atoms with Crippen LogP contribution in [0.15, 0.2) is 42.0 Å². The highest BCUT2D eigenvalue weighted by Gasteiger charge is 2.22. The molecule has 0 bridgehead atoms. The predicted octanol–water partition coefficient (Wildman–Crippen LogP) is 4.79. The van der Waals surface area contributed by atoms with Crippen molar-refractivity contribution in [2.24, 2.45) is 0 Å². The number of ether oxygens (including phenoxy) is 1. The number of benzene rings is 2. The van der Waals surface area contributed by atoms with Gasteiger partial charge in [-0.05, 0) is 44.6 Å². The van der Waals surface area contributed by atoms with Gasteiger partial charge in [0.25, 0.3) is 0 Å². The molecule has 2 rings (SSSR count). The number of carbonyl (C=O) groups excluding carboxylic acids is 1. The zero-order chi connectivity index (χ0) is 20.1. The lowest BCUT2D eigenvalue weighted by Crippen LogP contribution is -2.02. The molecule has 2 aromatic carbocycles. The van der Waals surface area contributed by atoms with Gasteiger partial charge in [-0.25, -0.2) is 8.78 Å². The maximum Gasteiger partial charge on any atom is 0.193 e. The van der Waals surface area contributed by atoms with Crippen molar-refractivity contribution in [2.45, 2.75) is 20.3 Å². The Labute approximate surface area is 156 Å². The fourth-order valence-electron chi connectivity index (χ4n) is 2.46. The first-order valence-electron chi connectivity index (χ1n) is 8.17. The van der Waals surface area contributed by atoms with Crippen LogP contribution < -0.4 is 4.74 Å². The molecule has 2 aromatic rings. The Balaban J connectivity index is 2.46. The number of aromatic hydroxyl groups is 2. The molecule has 0 amide bonds. The van der Waals surface area contributed by atoms with Crippen LogP contribution in [0, 0.1) is 11.6 Å². The van der Waals surface area contributed by atoms with Crippen LogP contribution in [-0.4, -0.2) is 23.1 Å². The van der Waals surface area contributed by atoms with Crippen molar-refractivity contribution < 1.29 is 28.5 Å². The van der Waals surface area contributed by atoms with E-state index >= 15 is 0 Å². The minimum Gasteiger partial charge on any atom is -0.507 e. The number of phenols is 2. The molecule has 2 N–H and O–H groups in total. The van der Waals surface area contributed by atoms with E-state index < -0.39 is 23.2 Å². The second-order valence-corrected chi connectivity index (χ2v) is 6.15. The normalized spacial score (nSPS) is 10.9. The number of hydrogen-bond acceptors (Lipinski definition) is 4. The van der Waals surface area contributed by atoms with Gasteiger partial charge in [0.2, 0.25) is 0 Å². The van der Waals surface area contributed by atoms with E-state index in [0.29, 0.717) is 6.07 Å². The van der Waals surface area contributed by atoms with Crippen molar-refractivity contribution in [3.05, 3.63) is 70.3 Å². The van der Waals surface area contributed by atoms with Gasteiger partial charge in [0.05, 0.1) is 7.11 Å². The Hall–Kier alpha value is -3.15. The van der Waals surface area contributed by atoms with Gasteiger partial charge in [-0.3, -0.25) is 4.79 Å². The molecule has 0 radical (unpaired) electrons. The van der Waals surface area contributed by atoms with Crippen molar-refractivity contribution >= 4 is 11.9 Å². The Bertz CT molecular complexity index is 926. The van der Waals surface area contributed by atoms with E-state index in [-0.39, 0.29) is 34.6 Å². The third-order valence-corrected chi connectivity index (χ3v) is 3.90. The molecule has 0 spiro atoms. The molecule has 0 unspecified atom stereocenters. The molecule has 0 aliphatic rings. The van der Waals surface area contributed by atoms with E-state index in [9.17, 15) is 23.8 Å². The molecule has 0 aliphatic carbocycles. The zero-order valence-corrected chi connectivity index (χ0v) is 15.2. The molecule has 0 saturated carbocycles. The van der Waals surface area contributed by atoms with Crippen LogP contribution in [0.4, 0.5) is 8.78 Å². The molecule has 0 saturated heterocycles. The van der Waals surface area contributed by atoms with Gasteiger partial charge in [-0.2, -0.15) is 0 Å². The standard InChI is InChI=1S/C21H20F2O4/c1-12(2)4-8-15-18(25)11-19(27-3)20(21(15)26)17(24)9-6-13-5-7-14(22)10-16(13)23/h4-7,9-11,25-26H,8H2,1-3H3/b9-6+. The van der Waals surface area contributed by atoms with Gasteiger partial charge < -0.3 is 14.9 Å². The highest BCUT2D eigenvalue weighted by molar-refractivity contribution is 6.11. The summed E-state index contributed by atoms with van der Waals surface area (Å²) in [6.07, 6.45) is 4.24. The molecule has 27 heavy (non-hydrogen) atoms. The monoisotopic (exact) mass is 374 g/mol. The van der Waals surface area contributed by atoms with E-state index in [0.717, 1.165) is 17.7 Å². The summed E-state index contributed by atoms with van der Waals surface area (Å²) >= 11 is 0. The van der Waals surface area contributed by atoms with E-state index in [1.807, 2.05) is 13.8 Å². The number of carbonyl (C=O) groups is 1. The molecule has 0 aromatic heterocycles. The molecule has 0 aliphatic heterocycles. The van der Waals surface area contributed by atoms with Crippen LogP contribution in [0.2, 0.25) is 0 Å². The van der Waals surface area contributed by atoms with Gasteiger partial charge in [-0.15, -0.1) is 0 Å². The summed E-state index contributed by atoms with van der Waals surface area (Å²) < 4.78 is 31.8. The third-order valence-electron chi connectivity index (χ3n) is 3.90. The minimum absolute atomic E-state index is 0.0137. The maximum atomic E-state index is 13.7. The number of hydrogen-bond donors (Lipinski definition) is 2. The van der Waals surface area contributed by atoms with Crippen LogP contribution in [0.3, 0.4) is 0 Å². The average molecular weight is 374 g/mol. The van der Waals surface area contributed by atoms with Crippen LogP contribution in [0.1, 0.15) is 35.3 Å². The first-order chi connectivity index (χ1) is 12.7. The second-order valence-electron chi connectivity index (χ2n) is 6.15. The first-order valence-corrected chi connectivity index (χ1v) is 8.17. The lowest BCUT2D eigenvalue weighted by molar-refractivity contribution is 0.104. The number of rotatable bonds is 6. The third kappa shape index (κ3) is 4.73. The fraction of sp³-hybridized carbons (Fsp3) is 0.190. The highest BCUT2D eigenvalue weighted by atomic mass is 19.1. The fourth-order valence-corrected chi connectivity index (χ4v) is 2.46. The lowest BCUT2D eigenvalue weighted by Gasteiger charge is -2.13. The van der Waals surface area contributed by atoms with Crippen molar-refractivity contribution in [1.82, 2.24) is 0 Å². The quantitative estimate of drug-likeness (QED) is 0.433. The van der Waals surface area contributed by atoms with Gasteiger partial charge >= 0.3 is 0 Å². The second kappa shape index (κ2) is 8.49. The summed E-state index contributed by atoms with van der Waals surface area (Å²) in [5, 5.41) is 20.6. The topological polar surface area (TPSA) is 66.8 Å². The number of methoxy groups -OCH3 is 1. The number of phenolic OH excluding ortho intramolecular Hbond substituents is 2. The zero-order valence-electron chi connectivity index (χ0n) is 15.2. The Morgan fingerprint density at radius 2 is 1.89 bits per heavy atom. The Morgan fingerprint density at radius 1 is 1.19 bits per heavy atom. The molecule has 0 heterocycles. The summed E-state index contributed by atoms with van der Waals surface area (Å²) in [4.78, 5) is 12.6. The number of allylic oxidation sites excluding steroid dienone is 3. The van der Waals surface area contributed by atoms with Gasteiger partial charge in [0, 0.05) is 23.3 Å². The Kier molecular flexibility index (Phi) is 6.34. The van der Waals surface area contributed by atoms with Crippen molar-refractivity contribution in [1.29, 1.82) is 0 Å². The molecular weight excluding hydrogens is 354 g/mol. The molecule has 142 valence electrons. The van der Waals surface area contributed by atoms with Crippen LogP contribution in [0.25, 0.3) is 6.08 Å². The van der Waals surface area contributed by atoms with Crippen molar-refractivity contribution in [3.8, 4) is 17.2 Å². The van der Waals surface area contributed by atoms with Crippen LogP contribution >= 0.6 is 0 Å². The van der Waals surface area contributed by atoms with Crippen LogP contribution in [0.5, 0.6) is 17.2 Å². The SMILES string of the molecule is COc1cc(O)c(CC=C(C)C)c(O)c1C(=O)/C=C/c1ccc(F)cc1F. The smallest absolute Gasteiger partial charge is 0.193 e. The Morgan fingerprint density at radius 3 is 2.48 bits per heavy atom. The molecule has 6 heteroatoms. The predicted molar refractivity (Wildman–Crippen MR) is 99.2 cm³/mol. The summed E-state index contributed by atoms with van der Waals surface area (Å²) in [6.45, 7) is 3.73. The summed E-state index contributed by atoms with van der Waals surface area (Å²) in [5.41, 5.74) is 1.03. The van der Waals surface area contributed by atoms with E-state index in [4.69, 9.17) is 4.74 Å². The number of halogens is 2. The van der Waals surface area contributed by atoms with Gasteiger partial charge in [-0.1, -0.05) is 11.6 Å². The molecular formula is C21H20F2O4. The lowest BCUT2D eigenvalue weighted by atomic mass is 9.99. The van der Waals surface area contributed by atoms with Gasteiger partial charge in [0.1, 0.15) is 34.4 Å². The molecule has 0 fully saturated rings. The summed E-state index contributed by atoms with van der Waals surface area (Å²) in [6, 6.07) is 4.22. The summed E-state index contributed by atoms with van der Waals surface area (Å²) in [5.74, 6) is -2.81. The molecule has 0 atom stereocenters. The van der Waals surface area contributed by atoms with Crippen molar-refractivity contribution in [2.75, 3.05) is 7.11 Å². The van der Waals surface area contributed by atoms with Gasteiger partial charge in [0.15, 0.2) is 5.78 Å². The average Bonchev–Trinajstić information content (AvgIpc) is 2.59. The van der Waals surface area contributed by atoms with E-state index in [1.165, 1.54) is 25.3 Å². The van der Waals surface area contributed by atoms with E-state index in [1.54, 1.807) is 6.08 Å². The maximum absolute atomic E-state index is 13.7.